The third kappa shape index (κ3) is 13.4. The molecule has 5 aliphatic heterocycles. The maximum Gasteiger partial charge on any atom is 0.410 e. The molecule has 52 heavy (non-hydrogen) atoms. The maximum absolute atomic E-state index is 11.7. The van der Waals surface area contributed by atoms with E-state index in [4.69, 9.17) is 4.74 Å². The van der Waals surface area contributed by atoms with Crippen molar-refractivity contribution in [2.75, 3.05) is 92.0 Å². The molecule has 0 aliphatic carbocycles. The molecule has 0 radical (unpaired) electrons. The van der Waals surface area contributed by atoms with Gasteiger partial charge in [0.15, 0.2) is 6.29 Å². The van der Waals surface area contributed by atoms with Gasteiger partial charge in [0, 0.05) is 51.2 Å². The Kier molecular flexibility index (Phi) is 18.9. The lowest BCUT2D eigenvalue weighted by molar-refractivity contribution is -0.121. The number of aldehydes is 1. The molecular weight excluding hydrogens is 654 g/mol. The predicted octanol–water partition coefficient (Wildman–Crippen LogP) is 5.79. The Labute approximate surface area is 314 Å². The van der Waals surface area contributed by atoms with Gasteiger partial charge in [0.25, 0.3) is 0 Å². The summed E-state index contributed by atoms with van der Waals surface area (Å²) in [6.45, 7) is 17.0. The molecule has 11 heteroatoms. The lowest BCUT2D eigenvalue weighted by atomic mass is 9.79. The summed E-state index contributed by atoms with van der Waals surface area (Å²) in [4.78, 5) is 48.5. The monoisotopic (exact) mass is 722 g/mol. The molecule has 1 aromatic carbocycles. The molecule has 1 aromatic rings. The van der Waals surface area contributed by atoms with E-state index < -0.39 is 6.09 Å². The second-order valence-electron chi connectivity index (χ2n) is 14.3. The van der Waals surface area contributed by atoms with Crippen LogP contribution in [0.25, 0.3) is 0 Å². The van der Waals surface area contributed by atoms with Crippen molar-refractivity contribution in [3.05, 3.63) is 53.3 Å². The van der Waals surface area contributed by atoms with Gasteiger partial charge in [0.1, 0.15) is 12.4 Å². The fourth-order valence-electron chi connectivity index (χ4n) is 7.76. The molecular formula is C41H67N7O4. The van der Waals surface area contributed by atoms with Crippen LogP contribution in [0.4, 0.5) is 10.5 Å². The number of amides is 2. The van der Waals surface area contributed by atoms with Gasteiger partial charge in [-0.05, 0) is 134 Å². The second-order valence-corrected chi connectivity index (χ2v) is 14.3. The van der Waals surface area contributed by atoms with Gasteiger partial charge in [-0.15, -0.1) is 0 Å². The first-order valence-corrected chi connectivity index (χ1v) is 19.6. The summed E-state index contributed by atoms with van der Waals surface area (Å²) >= 11 is 0. The quantitative estimate of drug-likeness (QED) is 0.320. The first-order valence-electron chi connectivity index (χ1n) is 19.6. The van der Waals surface area contributed by atoms with Crippen LogP contribution in [0.5, 0.6) is 0 Å². The number of likely N-dealkylation sites (tertiary alicyclic amines) is 3. The molecule has 290 valence electrons. The third-order valence-corrected chi connectivity index (χ3v) is 10.8. The van der Waals surface area contributed by atoms with E-state index in [0.717, 1.165) is 49.3 Å². The standard InChI is InChI=1S/C18H25N3O4.C12H24N2.C9H12N2.C2H6/c1-19-17-5-3-2-4-15(17)6-9-21(14-23)16-7-10-20(11-8-16)18(24)25-13-12-22;1-13-7-3-11(4-8-13)12-5-9-14(2)10-6-12;1-7-5-8(2)9-10-3-4-11(9)6-7;1-2/h2-5,12,14,16,19H,6-11,13H2,1H3;11-12H,3-10H2,1-2H3;5-6H,3-4H2,1-2H3;1-2H3. The van der Waals surface area contributed by atoms with Gasteiger partial charge in [0.2, 0.25) is 6.41 Å². The predicted molar refractivity (Wildman–Crippen MR) is 213 cm³/mol. The van der Waals surface area contributed by atoms with Crippen molar-refractivity contribution in [2.24, 2.45) is 16.8 Å². The number of ether oxygens (including phenoxy) is 1. The number of carbonyl (C=O) groups excluding carboxylic acids is 3. The molecule has 11 nitrogen and oxygen atoms in total. The Hall–Kier alpha value is -3.70. The minimum atomic E-state index is -0.467. The summed E-state index contributed by atoms with van der Waals surface area (Å²) in [5, 5.41) is 3.16. The smallest absolute Gasteiger partial charge is 0.410 e. The Morgan fingerprint density at radius 1 is 0.904 bits per heavy atom. The lowest BCUT2D eigenvalue weighted by Gasteiger charge is -2.38. The number of amidine groups is 1. The number of fused-ring (bicyclic) bond motifs is 1. The van der Waals surface area contributed by atoms with E-state index >= 15 is 0 Å². The number of carbonyl (C=O) groups is 3. The van der Waals surface area contributed by atoms with Crippen LogP contribution in [0.2, 0.25) is 0 Å². The van der Waals surface area contributed by atoms with Crippen LogP contribution in [0.1, 0.15) is 71.8 Å². The van der Waals surface area contributed by atoms with Gasteiger partial charge >= 0.3 is 6.09 Å². The summed E-state index contributed by atoms with van der Waals surface area (Å²) in [6, 6.07) is 8.16. The van der Waals surface area contributed by atoms with Crippen molar-refractivity contribution in [2.45, 2.75) is 78.7 Å². The van der Waals surface area contributed by atoms with Crippen LogP contribution in [-0.2, 0) is 20.7 Å². The second kappa shape index (κ2) is 23.1. The van der Waals surface area contributed by atoms with Crippen molar-refractivity contribution in [1.29, 1.82) is 0 Å². The maximum atomic E-state index is 11.7. The number of hydrogen-bond donors (Lipinski definition) is 1. The van der Waals surface area contributed by atoms with E-state index in [-0.39, 0.29) is 12.6 Å². The molecule has 5 aliphatic rings. The average molecular weight is 722 g/mol. The van der Waals surface area contributed by atoms with Crippen molar-refractivity contribution >= 4 is 30.3 Å². The first kappa shape index (κ1) is 42.7. The fourth-order valence-corrected chi connectivity index (χ4v) is 7.76. The summed E-state index contributed by atoms with van der Waals surface area (Å²) < 4.78 is 4.81. The largest absolute Gasteiger partial charge is 0.442 e. The summed E-state index contributed by atoms with van der Waals surface area (Å²) in [5.41, 5.74) is 4.86. The molecule has 0 unspecified atom stereocenters. The Morgan fingerprint density at radius 3 is 2.06 bits per heavy atom. The molecule has 0 saturated carbocycles. The topological polar surface area (TPSA) is 101 Å². The zero-order valence-corrected chi connectivity index (χ0v) is 33.2. The van der Waals surface area contributed by atoms with E-state index in [2.05, 4.69) is 71.3 Å². The number of piperidine rings is 3. The molecule has 5 heterocycles. The van der Waals surface area contributed by atoms with Crippen LogP contribution in [0.3, 0.4) is 0 Å². The molecule has 0 spiro atoms. The van der Waals surface area contributed by atoms with E-state index in [0.29, 0.717) is 38.8 Å². The van der Waals surface area contributed by atoms with Crippen molar-refractivity contribution in [3.8, 4) is 0 Å². The molecule has 2 amide bonds. The van der Waals surface area contributed by atoms with Gasteiger partial charge in [-0.3, -0.25) is 14.6 Å². The molecule has 1 N–H and O–H groups in total. The fraction of sp³-hybridized carbons (Fsp3) is 0.659. The number of nitrogens with zero attached hydrogens (tertiary/aromatic N) is 6. The highest BCUT2D eigenvalue weighted by atomic mass is 16.6. The van der Waals surface area contributed by atoms with E-state index in [1.165, 1.54) is 68.6 Å². The number of nitrogens with one attached hydrogen (secondary N) is 1. The highest BCUT2D eigenvalue weighted by Crippen LogP contribution is 2.31. The number of hydrogen-bond acceptors (Lipinski definition) is 9. The van der Waals surface area contributed by atoms with Crippen LogP contribution < -0.4 is 5.32 Å². The minimum Gasteiger partial charge on any atom is -0.442 e. The minimum absolute atomic E-state index is 0.120. The Balaban J connectivity index is 0.000000226. The van der Waals surface area contributed by atoms with Crippen LogP contribution >= 0.6 is 0 Å². The number of para-hydroxylation sites is 1. The Bertz CT molecular complexity index is 1300. The van der Waals surface area contributed by atoms with E-state index in [1.807, 2.05) is 44.0 Å². The van der Waals surface area contributed by atoms with Crippen LogP contribution in [0.15, 0.2) is 52.7 Å². The van der Waals surface area contributed by atoms with E-state index in [1.54, 1.807) is 4.90 Å². The van der Waals surface area contributed by atoms with Crippen LogP contribution in [0, 0.1) is 11.8 Å². The number of anilines is 1. The van der Waals surface area contributed by atoms with E-state index in [9.17, 15) is 14.4 Å². The van der Waals surface area contributed by atoms with Crippen LogP contribution in [-0.4, -0.2) is 142 Å². The SMILES string of the molecule is CC.CC1=CN2CCN=C2C(C)=C1.CN1CCC(C2CCN(C)CC2)CC1.CNc1ccccc1CCN(C=O)C1CCN(C(=O)OCC=O)CC1. The number of aliphatic imine (C=N–C) groups is 1. The zero-order valence-electron chi connectivity index (χ0n) is 33.2. The molecule has 3 saturated heterocycles. The van der Waals surface area contributed by atoms with Gasteiger partial charge in [-0.1, -0.05) is 38.1 Å². The summed E-state index contributed by atoms with van der Waals surface area (Å²) in [7, 11) is 6.39. The normalized spacial score (nSPS) is 19.9. The van der Waals surface area contributed by atoms with Gasteiger partial charge in [0.05, 0.1) is 6.54 Å². The number of allylic oxidation sites excluding steroid dienone is 2. The summed E-state index contributed by atoms with van der Waals surface area (Å²) in [5.74, 6) is 3.25. The van der Waals surface area contributed by atoms with Crippen molar-refractivity contribution in [3.63, 3.8) is 0 Å². The Morgan fingerprint density at radius 2 is 1.50 bits per heavy atom. The van der Waals surface area contributed by atoms with Gasteiger partial charge in [-0.25, -0.2) is 4.79 Å². The molecule has 0 atom stereocenters. The molecule has 6 rings (SSSR count). The van der Waals surface area contributed by atoms with Gasteiger partial charge in [-0.2, -0.15) is 0 Å². The number of benzene rings is 1. The molecule has 0 aromatic heterocycles. The van der Waals surface area contributed by atoms with Crippen molar-refractivity contribution < 1.29 is 19.1 Å². The molecule has 0 bridgehead atoms. The van der Waals surface area contributed by atoms with Gasteiger partial charge < -0.3 is 34.6 Å². The third-order valence-electron chi connectivity index (χ3n) is 10.8. The lowest BCUT2D eigenvalue weighted by Crippen LogP contribution is -2.47. The zero-order chi connectivity index (χ0) is 37.9. The average Bonchev–Trinajstić information content (AvgIpc) is 3.66. The summed E-state index contributed by atoms with van der Waals surface area (Å²) in [6.07, 6.45) is 13.3. The first-order chi connectivity index (χ1) is 25.2. The molecule has 3 fully saturated rings. The van der Waals surface area contributed by atoms with Crippen molar-refractivity contribution in [1.82, 2.24) is 24.5 Å². The number of rotatable bonds is 9. The highest BCUT2D eigenvalue weighted by Gasteiger charge is 2.28. The highest BCUT2D eigenvalue weighted by molar-refractivity contribution is 6.00.